The molecule has 1 saturated heterocycles. The third kappa shape index (κ3) is 4.21. The molecule has 1 N–H and O–H groups in total. The highest BCUT2D eigenvalue weighted by Gasteiger charge is 2.36. The second-order valence-corrected chi connectivity index (χ2v) is 14.0. The second-order valence-electron chi connectivity index (χ2n) is 9.18. The van der Waals surface area contributed by atoms with E-state index in [4.69, 9.17) is 4.43 Å². The molecule has 0 bridgehead atoms. The fourth-order valence-electron chi connectivity index (χ4n) is 3.50. The van der Waals surface area contributed by atoms with Crippen molar-refractivity contribution in [1.82, 2.24) is 9.88 Å². The minimum Gasteiger partial charge on any atom is -0.415 e. The fourth-order valence-corrected chi connectivity index (χ4v) is 4.54. The molecular formula is C21H33FN2OSi. The molecule has 26 heavy (non-hydrogen) atoms. The van der Waals surface area contributed by atoms with E-state index in [0.29, 0.717) is 12.5 Å². The number of fused-ring (bicyclic) bond motifs is 1. The number of rotatable bonds is 6. The normalized spacial score (nSPS) is 18.8. The van der Waals surface area contributed by atoms with Crippen LogP contribution in [0, 0.1) is 11.7 Å². The van der Waals surface area contributed by atoms with Crippen LogP contribution in [0.5, 0.6) is 0 Å². The van der Waals surface area contributed by atoms with Gasteiger partial charge in [-0.15, -0.1) is 0 Å². The summed E-state index contributed by atoms with van der Waals surface area (Å²) in [6, 6.07) is 5.18. The molecule has 5 heteroatoms. The maximum Gasteiger partial charge on any atom is 0.192 e. The molecule has 3 rings (SSSR count). The van der Waals surface area contributed by atoms with Crippen molar-refractivity contribution in [3.8, 4) is 0 Å². The van der Waals surface area contributed by atoms with Crippen LogP contribution in [-0.4, -0.2) is 32.6 Å². The van der Waals surface area contributed by atoms with Gasteiger partial charge in [0.2, 0.25) is 0 Å². The summed E-state index contributed by atoms with van der Waals surface area (Å²) in [6.45, 7) is 15.0. The molecule has 0 aliphatic carbocycles. The Balaban J connectivity index is 1.78. The monoisotopic (exact) mass is 376 g/mol. The van der Waals surface area contributed by atoms with Crippen LogP contribution in [0.25, 0.3) is 10.9 Å². The number of benzene rings is 1. The number of nitrogens with one attached hydrogen (secondary N) is 1. The molecule has 1 atom stereocenters. The summed E-state index contributed by atoms with van der Waals surface area (Å²) in [5.74, 6) is 0.513. The van der Waals surface area contributed by atoms with Crippen LogP contribution in [0.15, 0.2) is 24.4 Å². The highest BCUT2D eigenvalue weighted by Crippen LogP contribution is 2.36. The summed E-state index contributed by atoms with van der Waals surface area (Å²) in [5.41, 5.74) is 2.32. The Hall–Kier alpha value is -1.17. The van der Waals surface area contributed by atoms with E-state index in [-0.39, 0.29) is 10.9 Å². The summed E-state index contributed by atoms with van der Waals surface area (Å²) >= 11 is 0. The number of aromatic nitrogens is 1. The van der Waals surface area contributed by atoms with Gasteiger partial charge in [0.1, 0.15) is 5.82 Å². The summed E-state index contributed by atoms with van der Waals surface area (Å²) < 4.78 is 22.4. The number of nitrogens with zero attached hydrogens (tertiary/aromatic N) is 1. The molecule has 144 valence electrons. The fraction of sp³-hybridized carbons (Fsp3) is 0.619. The third-order valence-electron chi connectivity index (χ3n) is 6.20. The highest BCUT2D eigenvalue weighted by atomic mass is 28.4. The van der Waals surface area contributed by atoms with Crippen LogP contribution in [0.4, 0.5) is 4.39 Å². The number of halogens is 1. The van der Waals surface area contributed by atoms with Crippen LogP contribution < -0.4 is 5.32 Å². The van der Waals surface area contributed by atoms with E-state index in [1.54, 1.807) is 12.1 Å². The molecule has 1 aromatic heterocycles. The topological polar surface area (TPSA) is 26.2 Å². The Labute approximate surface area is 158 Å². The van der Waals surface area contributed by atoms with Gasteiger partial charge in [-0.05, 0) is 73.7 Å². The molecule has 0 amide bonds. The van der Waals surface area contributed by atoms with E-state index in [0.717, 1.165) is 31.6 Å². The molecule has 0 spiro atoms. The first-order valence-electron chi connectivity index (χ1n) is 9.79. The third-order valence-corrected chi connectivity index (χ3v) is 10.7. The van der Waals surface area contributed by atoms with Gasteiger partial charge in [0.25, 0.3) is 0 Å². The molecule has 1 fully saturated rings. The molecule has 1 aliphatic heterocycles. The van der Waals surface area contributed by atoms with Gasteiger partial charge in [0.15, 0.2) is 8.32 Å². The van der Waals surface area contributed by atoms with E-state index < -0.39 is 8.32 Å². The van der Waals surface area contributed by atoms with Gasteiger partial charge in [0, 0.05) is 18.1 Å². The molecule has 1 aromatic carbocycles. The Morgan fingerprint density at radius 2 is 2.08 bits per heavy atom. The van der Waals surface area contributed by atoms with Crippen LogP contribution in [0.1, 0.15) is 32.8 Å². The predicted octanol–water partition coefficient (Wildman–Crippen LogP) is 4.95. The second kappa shape index (κ2) is 7.45. The molecule has 1 unspecified atom stereocenters. The van der Waals surface area contributed by atoms with Crippen molar-refractivity contribution in [3.05, 3.63) is 35.8 Å². The summed E-state index contributed by atoms with van der Waals surface area (Å²) in [4.78, 5) is 0. The van der Waals surface area contributed by atoms with E-state index in [1.165, 1.54) is 17.4 Å². The van der Waals surface area contributed by atoms with Gasteiger partial charge >= 0.3 is 0 Å². The SMILES string of the molecule is CC(C)(C)[Si](C)(C)OCCn1cc(CC2CCNC2)c2ccc(F)cc21. The zero-order valence-electron chi connectivity index (χ0n) is 16.9. The molecule has 2 aromatic rings. The summed E-state index contributed by atoms with van der Waals surface area (Å²) in [6.07, 6.45) is 4.50. The average Bonchev–Trinajstić information content (AvgIpc) is 3.15. The van der Waals surface area contributed by atoms with Crippen molar-refractivity contribution in [1.29, 1.82) is 0 Å². The minimum absolute atomic E-state index is 0.170. The molecular weight excluding hydrogens is 343 g/mol. The molecule has 3 nitrogen and oxygen atoms in total. The maximum absolute atomic E-state index is 13.9. The number of hydrogen-bond donors (Lipinski definition) is 1. The highest BCUT2D eigenvalue weighted by molar-refractivity contribution is 6.74. The average molecular weight is 377 g/mol. The van der Waals surface area contributed by atoms with E-state index in [9.17, 15) is 4.39 Å². The smallest absolute Gasteiger partial charge is 0.192 e. The van der Waals surface area contributed by atoms with Crippen molar-refractivity contribution in [3.63, 3.8) is 0 Å². The zero-order chi connectivity index (χ0) is 18.9. The first kappa shape index (κ1) is 19.6. The van der Waals surface area contributed by atoms with E-state index >= 15 is 0 Å². The van der Waals surface area contributed by atoms with Crippen molar-refractivity contribution < 1.29 is 8.82 Å². The van der Waals surface area contributed by atoms with E-state index in [1.807, 2.05) is 6.07 Å². The Bertz CT molecular complexity index is 757. The number of hydrogen-bond acceptors (Lipinski definition) is 2. The van der Waals surface area contributed by atoms with Gasteiger partial charge in [0.05, 0.1) is 12.1 Å². The van der Waals surface area contributed by atoms with Gasteiger partial charge < -0.3 is 14.3 Å². The standard InChI is InChI=1S/C21H33FN2OSi/c1-21(2,3)26(4,5)25-11-10-24-15-17(12-16-8-9-23-14-16)19-7-6-18(22)13-20(19)24/h6-7,13,15-16,23H,8-12,14H2,1-5H3. The molecule has 2 heterocycles. The molecule has 0 saturated carbocycles. The van der Waals surface area contributed by atoms with Gasteiger partial charge in [-0.1, -0.05) is 20.8 Å². The molecule has 1 aliphatic rings. The first-order chi connectivity index (χ1) is 12.2. The first-order valence-corrected chi connectivity index (χ1v) is 12.7. The van der Waals surface area contributed by atoms with Gasteiger partial charge in [-0.3, -0.25) is 0 Å². The van der Waals surface area contributed by atoms with Crippen molar-refractivity contribution in [2.45, 2.75) is 58.3 Å². The van der Waals surface area contributed by atoms with Crippen LogP contribution in [0.2, 0.25) is 18.1 Å². The largest absolute Gasteiger partial charge is 0.415 e. The van der Waals surface area contributed by atoms with Crippen molar-refractivity contribution >= 4 is 19.2 Å². The zero-order valence-corrected chi connectivity index (χ0v) is 17.9. The van der Waals surface area contributed by atoms with Crippen LogP contribution in [0.3, 0.4) is 0 Å². The van der Waals surface area contributed by atoms with Crippen LogP contribution in [-0.2, 0) is 17.4 Å². The van der Waals surface area contributed by atoms with Gasteiger partial charge in [-0.2, -0.15) is 0 Å². The molecule has 0 radical (unpaired) electrons. The van der Waals surface area contributed by atoms with E-state index in [2.05, 4.69) is 49.9 Å². The lowest BCUT2D eigenvalue weighted by Gasteiger charge is -2.36. The predicted molar refractivity (Wildman–Crippen MR) is 110 cm³/mol. The lowest BCUT2D eigenvalue weighted by molar-refractivity contribution is 0.273. The summed E-state index contributed by atoms with van der Waals surface area (Å²) in [5, 5.41) is 4.83. The van der Waals surface area contributed by atoms with Crippen molar-refractivity contribution in [2.75, 3.05) is 19.7 Å². The summed E-state index contributed by atoms with van der Waals surface area (Å²) in [7, 11) is -1.76. The lowest BCUT2D eigenvalue weighted by atomic mass is 9.98. The Morgan fingerprint density at radius 1 is 1.31 bits per heavy atom. The maximum atomic E-state index is 13.9. The Kier molecular flexibility index (Phi) is 5.61. The van der Waals surface area contributed by atoms with Gasteiger partial charge in [-0.25, -0.2) is 4.39 Å². The van der Waals surface area contributed by atoms with Crippen LogP contribution >= 0.6 is 0 Å². The lowest BCUT2D eigenvalue weighted by Crippen LogP contribution is -2.41. The minimum atomic E-state index is -1.76. The quantitative estimate of drug-likeness (QED) is 0.722. The Morgan fingerprint density at radius 3 is 2.73 bits per heavy atom. The van der Waals surface area contributed by atoms with Crippen molar-refractivity contribution in [2.24, 2.45) is 5.92 Å².